The van der Waals surface area contributed by atoms with Crippen molar-refractivity contribution in [2.75, 3.05) is 19.0 Å². The smallest absolute Gasteiger partial charge is 0.178 e. The van der Waals surface area contributed by atoms with Gasteiger partial charge in [0.15, 0.2) is 9.84 Å². The molecule has 32 heavy (non-hydrogen) atoms. The lowest BCUT2D eigenvalue weighted by Gasteiger charge is -2.06. The van der Waals surface area contributed by atoms with Gasteiger partial charge in [-0.3, -0.25) is 0 Å². The van der Waals surface area contributed by atoms with E-state index >= 15 is 0 Å². The Bertz CT molecular complexity index is 884. The van der Waals surface area contributed by atoms with E-state index in [1.807, 2.05) is 48.6 Å². The molecule has 2 aromatic carbocycles. The third kappa shape index (κ3) is 10.0. The van der Waals surface area contributed by atoms with Gasteiger partial charge in [0.1, 0.15) is 5.75 Å². The van der Waals surface area contributed by atoms with Crippen LogP contribution in [-0.4, -0.2) is 32.5 Å². The zero-order valence-electron chi connectivity index (χ0n) is 19.3. The van der Waals surface area contributed by atoms with Crippen LogP contribution in [-0.2, 0) is 9.84 Å². The lowest BCUT2D eigenvalue weighted by Crippen LogP contribution is -2.06. The van der Waals surface area contributed by atoms with Crippen LogP contribution in [0, 0.1) is 0 Å². The summed E-state index contributed by atoms with van der Waals surface area (Å²) in [6, 6.07) is 14.8. The van der Waals surface area contributed by atoms with Crippen molar-refractivity contribution in [2.24, 2.45) is 0 Å². The average Bonchev–Trinajstić information content (AvgIpc) is 2.81. The topological polar surface area (TPSA) is 63.6 Å². The van der Waals surface area contributed by atoms with Crippen molar-refractivity contribution in [3.8, 4) is 5.75 Å². The number of unbranched alkanes of at least 4 members (excludes halogenated alkanes) is 7. The Morgan fingerprint density at radius 3 is 1.84 bits per heavy atom. The molecule has 0 fully saturated rings. The number of sulfone groups is 1. The average molecular weight is 459 g/mol. The minimum absolute atomic E-state index is 0.125. The van der Waals surface area contributed by atoms with E-state index in [2.05, 4.69) is 6.92 Å². The molecule has 0 heterocycles. The minimum atomic E-state index is -3.21. The zero-order valence-corrected chi connectivity index (χ0v) is 20.2. The molecule has 0 spiro atoms. The summed E-state index contributed by atoms with van der Waals surface area (Å²) < 4.78 is 30.7. The molecule has 0 aliphatic heterocycles. The number of ether oxygens (including phenoxy) is 1. The highest BCUT2D eigenvalue weighted by Gasteiger charge is 2.13. The van der Waals surface area contributed by atoms with Crippen molar-refractivity contribution in [3.63, 3.8) is 0 Å². The Hall–Kier alpha value is -2.11. The Morgan fingerprint density at radius 1 is 0.750 bits per heavy atom. The Kier molecular flexibility index (Phi) is 12.1. The second-order valence-electron chi connectivity index (χ2n) is 8.19. The van der Waals surface area contributed by atoms with E-state index in [0.717, 1.165) is 36.1 Å². The summed E-state index contributed by atoms with van der Waals surface area (Å²) in [5, 5.41) is 8.79. The summed E-state index contributed by atoms with van der Waals surface area (Å²) >= 11 is 0. The monoisotopic (exact) mass is 458 g/mol. The quantitative estimate of drug-likeness (QED) is 0.229. The highest BCUT2D eigenvalue weighted by Crippen LogP contribution is 2.18. The van der Waals surface area contributed by atoms with Gasteiger partial charge in [0.25, 0.3) is 0 Å². The van der Waals surface area contributed by atoms with Crippen LogP contribution in [0.25, 0.3) is 12.2 Å². The molecule has 5 heteroatoms. The number of aliphatic hydroxyl groups excluding tert-OH is 1. The fraction of sp³-hybridized carbons (Fsp3) is 0.481. The molecule has 0 aliphatic carbocycles. The third-order valence-electron chi connectivity index (χ3n) is 5.43. The van der Waals surface area contributed by atoms with Gasteiger partial charge in [-0.1, -0.05) is 88.3 Å². The lowest BCUT2D eigenvalue weighted by molar-refractivity contribution is 0.233. The maximum atomic E-state index is 12.6. The Labute approximate surface area is 194 Å². The van der Waals surface area contributed by atoms with Crippen LogP contribution in [0.4, 0.5) is 0 Å². The summed E-state index contributed by atoms with van der Waals surface area (Å²) in [5.41, 5.74) is 1.99. The van der Waals surface area contributed by atoms with Gasteiger partial charge in [-0.05, 0) is 41.8 Å². The van der Waals surface area contributed by atoms with Gasteiger partial charge < -0.3 is 9.84 Å². The Balaban J connectivity index is 1.78. The number of rotatable bonds is 16. The standard InChI is InChI=1S/C27H38O4S/c1-2-3-4-5-6-7-8-9-23-32(29,30)27-19-15-25(16-20-27)12-11-24-13-17-26(18-14-24)31-22-10-21-28/h11-20,28H,2-10,21-23H2,1H3/b12-11+. The summed E-state index contributed by atoms with van der Waals surface area (Å²) in [4.78, 5) is 0.405. The predicted octanol–water partition coefficient (Wildman–Crippen LogP) is 6.53. The predicted molar refractivity (Wildman–Crippen MR) is 134 cm³/mol. The number of hydrogen-bond acceptors (Lipinski definition) is 4. The fourth-order valence-electron chi connectivity index (χ4n) is 3.45. The van der Waals surface area contributed by atoms with Crippen molar-refractivity contribution < 1.29 is 18.3 Å². The van der Waals surface area contributed by atoms with Crippen LogP contribution < -0.4 is 4.74 Å². The molecule has 0 amide bonds. The summed E-state index contributed by atoms with van der Waals surface area (Å²) in [6.45, 7) is 2.84. The van der Waals surface area contributed by atoms with Gasteiger partial charge in [0.05, 0.1) is 17.3 Å². The first kappa shape index (κ1) is 26.1. The van der Waals surface area contributed by atoms with E-state index in [9.17, 15) is 8.42 Å². The molecular weight excluding hydrogens is 420 g/mol. The number of aliphatic hydroxyl groups is 1. The van der Waals surface area contributed by atoms with Crippen molar-refractivity contribution in [1.29, 1.82) is 0 Å². The van der Waals surface area contributed by atoms with Crippen molar-refractivity contribution in [2.45, 2.75) is 69.6 Å². The molecular formula is C27H38O4S. The fourth-order valence-corrected chi connectivity index (χ4v) is 4.82. The molecule has 2 rings (SSSR count). The van der Waals surface area contributed by atoms with Gasteiger partial charge in [-0.2, -0.15) is 0 Å². The van der Waals surface area contributed by atoms with E-state index in [-0.39, 0.29) is 12.4 Å². The first-order valence-electron chi connectivity index (χ1n) is 11.9. The van der Waals surface area contributed by atoms with Crippen LogP contribution in [0.5, 0.6) is 5.75 Å². The second kappa shape index (κ2) is 14.9. The van der Waals surface area contributed by atoms with Crippen LogP contribution >= 0.6 is 0 Å². The van der Waals surface area contributed by atoms with E-state index in [1.54, 1.807) is 12.1 Å². The first-order chi connectivity index (χ1) is 15.5. The Morgan fingerprint density at radius 2 is 1.28 bits per heavy atom. The van der Waals surface area contributed by atoms with Gasteiger partial charge in [-0.25, -0.2) is 8.42 Å². The second-order valence-corrected chi connectivity index (χ2v) is 10.3. The highest BCUT2D eigenvalue weighted by atomic mass is 32.2. The summed E-state index contributed by atoms with van der Waals surface area (Å²) in [7, 11) is -3.21. The normalized spacial score (nSPS) is 11.8. The van der Waals surface area contributed by atoms with Gasteiger partial charge in [0.2, 0.25) is 0 Å². The molecule has 0 aromatic heterocycles. The van der Waals surface area contributed by atoms with Gasteiger partial charge >= 0.3 is 0 Å². The molecule has 0 bridgehead atoms. The van der Waals surface area contributed by atoms with Crippen molar-refractivity contribution in [3.05, 3.63) is 59.7 Å². The van der Waals surface area contributed by atoms with Crippen molar-refractivity contribution in [1.82, 2.24) is 0 Å². The van der Waals surface area contributed by atoms with E-state index in [0.29, 0.717) is 17.9 Å². The van der Waals surface area contributed by atoms with Gasteiger partial charge in [0, 0.05) is 13.0 Å². The largest absolute Gasteiger partial charge is 0.494 e. The van der Waals surface area contributed by atoms with Crippen LogP contribution in [0.2, 0.25) is 0 Å². The zero-order chi connectivity index (χ0) is 23.1. The molecule has 0 saturated carbocycles. The maximum Gasteiger partial charge on any atom is 0.178 e. The van der Waals surface area contributed by atoms with E-state index in [4.69, 9.17) is 9.84 Å². The van der Waals surface area contributed by atoms with Crippen molar-refractivity contribution >= 4 is 22.0 Å². The summed E-state index contributed by atoms with van der Waals surface area (Å²) in [6.07, 6.45) is 13.7. The maximum absolute atomic E-state index is 12.6. The molecule has 0 saturated heterocycles. The van der Waals surface area contributed by atoms with Crippen LogP contribution in [0.1, 0.15) is 75.8 Å². The van der Waals surface area contributed by atoms with Gasteiger partial charge in [-0.15, -0.1) is 0 Å². The molecule has 2 aromatic rings. The lowest BCUT2D eigenvalue weighted by atomic mass is 10.1. The van der Waals surface area contributed by atoms with Crippen LogP contribution in [0.3, 0.4) is 0 Å². The van der Waals surface area contributed by atoms with E-state index in [1.165, 1.54) is 32.1 Å². The highest BCUT2D eigenvalue weighted by molar-refractivity contribution is 7.91. The SMILES string of the molecule is CCCCCCCCCCS(=O)(=O)c1ccc(/C=C/c2ccc(OCCCO)cc2)cc1. The molecule has 1 N–H and O–H groups in total. The molecule has 0 unspecified atom stereocenters. The molecule has 4 nitrogen and oxygen atoms in total. The molecule has 176 valence electrons. The number of hydrogen-bond donors (Lipinski definition) is 1. The molecule has 0 radical (unpaired) electrons. The van der Waals surface area contributed by atoms with Crippen LogP contribution in [0.15, 0.2) is 53.4 Å². The number of benzene rings is 2. The third-order valence-corrected chi connectivity index (χ3v) is 7.24. The minimum Gasteiger partial charge on any atom is -0.494 e. The molecule has 0 atom stereocenters. The summed E-state index contributed by atoms with van der Waals surface area (Å²) in [5.74, 6) is 1.01. The molecule has 0 aliphatic rings. The first-order valence-corrected chi connectivity index (χ1v) is 13.5. The van der Waals surface area contributed by atoms with E-state index < -0.39 is 9.84 Å².